The zero-order chi connectivity index (χ0) is 31.0. The number of benzene rings is 4. The molecule has 2 aliphatic rings. The van der Waals surface area contributed by atoms with Crippen molar-refractivity contribution >= 4 is 29.2 Å². The quantitative estimate of drug-likeness (QED) is 0.123. The summed E-state index contributed by atoms with van der Waals surface area (Å²) >= 11 is 0. The number of rotatable bonds is 9. The highest BCUT2D eigenvalue weighted by Crippen LogP contribution is 2.58. The standard InChI is InChI=1S/C35H35N5O4/c1-5-37-30-19-32-28(16-22(30)3)35(29-17-23(4)31(38-6-2)20-33(29)44-32)27-13-8-7-12-26(27)34(41)39(35)15-14-36-21-24-10-9-11-25(18-24)40(42)43/h7-13,16-21,37-38H,5-6,14-15H2,1-4H3. The number of ether oxygens (including phenoxy) is 1. The Bertz CT molecular complexity index is 1750. The normalized spacial score (nSPS) is 14.3. The van der Waals surface area contributed by atoms with Gasteiger partial charge in [-0.2, -0.15) is 0 Å². The van der Waals surface area contributed by atoms with Crippen molar-refractivity contribution in [1.82, 2.24) is 4.90 Å². The third kappa shape index (κ3) is 4.65. The van der Waals surface area contributed by atoms with Crippen LogP contribution in [0.3, 0.4) is 0 Å². The van der Waals surface area contributed by atoms with Gasteiger partial charge in [-0.25, -0.2) is 0 Å². The molecule has 4 aromatic rings. The minimum atomic E-state index is -0.942. The maximum absolute atomic E-state index is 14.3. The van der Waals surface area contributed by atoms with Crippen LogP contribution in [-0.2, 0) is 5.54 Å². The van der Waals surface area contributed by atoms with E-state index in [-0.39, 0.29) is 11.6 Å². The minimum absolute atomic E-state index is 0.00750. The van der Waals surface area contributed by atoms with Gasteiger partial charge in [0.1, 0.15) is 17.0 Å². The van der Waals surface area contributed by atoms with Gasteiger partial charge in [0.05, 0.1) is 11.5 Å². The Morgan fingerprint density at radius 1 is 0.886 bits per heavy atom. The van der Waals surface area contributed by atoms with E-state index in [1.54, 1.807) is 18.3 Å². The van der Waals surface area contributed by atoms with Crippen molar-refractivity contribution in [2.24, 2.45) is 4.99 Å². The first-order valence-corrected chi connectivity index (χ1v) is 14.9. The molecule has 9 nitrogen and oxygen atoms in total. The van der Waals surface area contributed by atoms with Gasteiger partial charge in [0.2, 0.25) is 0 Å². The number of nitro groups is 1. The summed E-state index contributed by atoms with van der Waals surface area (Å²) in [6.45, 7) is 10.4. The largest absolute Gasteiger partial charge is 0.456 e. The Hall–Kier alpha value is -5.18. The third-order valence-electron chi connectivity index (χ3n) is 8.36. The molecule has 0 bridgehead atoms. The number of carbonyl (C=O) groups is 1. The van der Waals surface area contributed by atoms with Crippen molar-refractivity contribution < 1.29 is 14.5 Å². The van der Waals surface area contributed by atoms with Gasteiger partial charge in [-0.15, -0.1) is 0 Å². The predicted octanol–water partition coefficient (Wildman–Crippen LogP) is 7.05. The molecule has 0 aliphatic carbocycles. The molecular formula is C35H35N5O4. The van der Waals surface area contributed by atoms with Crippen LogP contribution in [0, 0.1) is 24.0 Å². The van der Waals surface area contributed by atoms with Gasteiger partial charge in [0, 0.05) is 78.2 Å². The van der Waals surface area contributed by atoms with E-state index >= 15 is 0 Å². The van der Waals surface area contributed by atoms with Gasteiger partial charge in [-0.3, -0.25) is 19.9 Å². The highest BCUT2D eigenvalue weighted by molar-refractivity contribution is 6.02. The Labute approximate surface area is 256 Å². The van der Waals surface area contributed by atoms with Gasteiger partial charge < -0.3 is 20.3 Å². The number of anilines is 2. The molecule has 224 valence electrons. The van der Waals surface area contributed by atoms with Crippen LogP contribution in [-0.4, -0.2) is 48.1 Å². The lowest BCUT2D eigenvalue weighted by Crippen LogP contribution is -2.48. The number of carbonyl (C=O) groups excluding carboxylic acids is 1. The molecule has 44 heavy (non-hydrogen) atoms. The van der Waals surface area contributed by atoms with Crippen molar-refractivity contribution in [3.8, 4) is 11.5 Å². The number of fused-ring (bicyclic) bond motifs is 6. The van der Waals surface area contributed by atoms with Gasteiger partial charge in [0.25, 0.3) is 11.6 Å². The summed E-state index contributed by atoms with van der Waals surface area (Å²) < 4.78 is 6.66. The van der Waals surface area contributed by atoms with Crippen LogP contribution in [0.1, 0.15) is 57.6 Å². The molecule has 0 radical (unpaired) electrons. The first-order valence-electron chi connectivity index (χ1n) is 14.9. The average Bonchev–Trinajstić information content (AvgIpc) is 3.26. The predicted molar refractivity (Wildman–Crippen MR) is 174 cm³/mol. The molecule has 6 rings (SSSR count). The van der Waals surface area contributed by atoms with Crippen LogP contribution in [0.4, 0.5) is 17.1 Å². The monoisotopic (exact) mass is 589 g/mol. The fraction of sp³-hybridized carbons (Fsp3) is 0.257. The summed E-state index contributed by atoms with van der Waals surface area (Å²) in [7, 11) is 0. The number of amides is 1. The second kappa shape index (κ2) is 11.5. The molecule has 0 saturated heterocycles. The van der Waals surface area contributed by atoms with Crippen LogP contribution < -0.4 is 15.4 Å². The molecule has 2 aliphatic heterocycles. The van der Waals surface area contributed by atoms with Crippen LogP contribution in [0.5, 0.6) is 11.5 Å². The first-order chi connectivity index (χ1) is 21.3. The second-order valence-electron chi connectivity index (χ2n) is 11.1. The first kappa shape index (κ1) is 28.9. The van der Waals surface area contributed by atoms with E-state index in [2.05, 4.69) is 55.5 Å². The van der Waals surface area contributed by atoms with Crippen molar-refractivity contribution in [3.05, 3.63) is 122 Å². The Morgan fingerprint density at radius 3 is 2.14 bits per heavy atom. The van der Waals surface area contributed by atoms with E-state index in [0.717, 1.165) is 52.3 Å². The summed E-state index contributed by atoms with van der Waals surface area (Å²) in [5.74, 6) is 1.31. The molecule has 0 fully saturated rings. The lowest BCUT2D eigenvalue weighted by Gasteiger charge is -2.44. The second-order valence-corrected chi connectivity index (χ2v) is 11.1. The van der Waals surface area contributed by atoms with Crippen molar-refractivity contribution in [3.63, 3.8) is 0 Å². The van der Waals surface area contributed by atoms with E-state index in [1.807, 2.05) is 41.3 Å². The average molecular weight is 590 g/mol. The van der Waals surface area contributed by atoms with Gasteiger partial charge >= 0.3 is 0 Å². The fourth-order valence-electron chi connectivity index (χ4n) is 6.46. The van der Waals surface area contributed by atoms with E-state index in [1.165, 1.54) is 12.1 Å². The molecule has 4 aromatic carbocycles. The number of hydrogen-bond acceptors (Lipinski definition) is 7. The maximum Gasteiger partial charge on any atom is 0.270 e. The van der Waals surface area contributed by atoms with Crippen molar-refractivity contribution in [1.29, 1.82) is 0 Å². The van der Waals surface area contributed by atoms with E-state index in [4.69, 9.17) is 4.74 Å². The highest BCUT2D eigenvalue weighted by atomic mass is 16.6. The number of aryl methyl sites for hydroxylation is 2. The van der Waals surface area contributed by atoms with Gasteiger partial charge in [-0.1, -0.05) is 30.3 Å². The lowest BCUT2D eigenvalue weighted by molar-refractivity contribution is -0.384. The summed E-state index contributed by atoms with van der Waals surface area (Å²) in [5.41, 5.74) is 7.13. The number of hydrogen-bond donors (Lipinski definition) is 2. The number of nitrogens with zero attached hydrogens (tertiary/aromatic N) is 3. The molecular weight excluding hydrogens is 554 g/mol. The molecule has 1 amide bonds. The molecule has 1 spiro atoms. The van der Waals surface area contributed by atoms with Crippen molar-refractivity contribution in [2.75, 3.05) is 36.8 Å². The highest BCUT2D eigenvalue weighted by Gasteiger charge is 2.56. The van der Waals surface area contributed by atoms with Gasteiger partial charge in [-0.05, 0) is 68.1 Å². The van der Waals surface area contributed by atoms with Gasteiger partial charge in [0.15, 0.2) is 0 Å². The summed E-state index contributed by atoms with van der Waals surface area (Å²) in [6, 6.07) is 22.5. The Morgan fingerprint density at radius 2 is 1.52 bits per heavy atom. The molecule has 0 aromatic heterocycles. The number of aliphatic imine (C=N–C) groups is 1. The van der Waals surface area contributed by atoms with Crippen molar-refractivity contribution in [2.45, 2.75) is 33.2 Å². The number of nitro benzene ring substituents is 1. The van der Waals surface area contributed by atoms with Crippen LogP contribution >= 0.6 is 0 Å². The minimum Gasteiger partial charge on any atom is -0.456 e. The third-order valence-corrected chi connectivity index (χ3v) is 8.36. The number of non-ortho nitro benzene ring substituents is 1. The van der Waals surface area contributed by atoms with E-state index in [9.17, 15) is 14.9 Å². The topological polar surface area (TPSA) is 109 Å². The smallest absolute Gasteiger partial charge is 0.270 e. The summed E-state index contributed by atoms with van der Waals surface area (Å²) in [6.07, 6.45) is 1.62. The Kier molecular flexibility index (Phi) is 7.55. The van der Waals surface area contributed by atoms with Crippen LogP contribution in [0.15, 0.2) is 77.8 Å². The maximum atomic E-state index is 14.3. The zero-order valence-corrected chi connectivity index (χ0v) is 25.3. The molecule has 0 unspecified atom stereocenters. The SMILES string of the molecule is CCNc1cc2c(cc1C)C1(c3cc(C)c(NCC)cc3O2)c2ccccc2C(=O)N1CCN=Cc1cccc([N+](=O)[O-])c1. The molecule has 0 saturated carbocycles. The molecule has 9 heteroatoms. The van der Waals surface area contributed by atoms with Crippen LogP contribution in [0.2, 0.25) is 0 Å². The number of nitrogens with one attached hydrogen (secondary N) is 2. The van der Waals surface area contributed by atoms with Crippen LogP contribution in [0.25, 0.3) is 0 Å². The summed E-state index contributed by atoms with van der Waals surface area (Å²) in [4.78, 5) is 31.7. The van der Waals surface area contributed by atoms with E-state index < -0.39 is 10.5 Å². The fourth-order valence-corrected chi connectivity index (χ4v) is 6.46. The molecule has 2 N–H and O–H groups in total. The van der Waals surface area contributed by atoms with E-state index in [0.29, 0.717) is 35.7 Å². The summed E-state index contributed by atoms with van der Waals surface area (Å²) in [5, 5.41) is 18.1. The molecule has 2 heterocycles. The molecule has 0 atom stereocenters. The zero-order valence-electron chi connectivity index (χ0n) is 25.3. The lowest BCUT2D eigenvalue weighted by atomic mass is 9.73. The Balaban J connectivity index is 1.52.